The summed E-state index contributed by atoms with van der Waals surface area (Å²) in [4.78, 5) is 39.1. The molecule has 1 fully saturated rings. The standard InChI is InChI=1S/C16H19N3O5/c1-16(10-4-5-11-12(8-10)24-7-6-23-11)14(21)19(15(22)17-16)9-13(20)18(2)3/h4-5,8H,6-7,9H2,1-3H3,(H,17,22)/t16-/m1/s1. The average molecular weight is 333 g/mol. The maximum Gasteiger partial charge on any atom is 0.325 e. The Morgan fingerprint density at radius 2 is 1.92 bits per heavy atom. The van der Waals surface area contributed by atoms with E-state index in [1.165, 1.54) is 4.90 Å². The molecule has 128 valence electrons. The third-order valence-corrected chi connectivity index (χ3v) is 4.19. The lowest BCUT2D eigenvalue weighted by molar-refractivity contribution is -0.137. The first-order chi connectivity index (χ1) is 11.3. The highest BCUT2D eigenvalue weighted by molar-refractivity contribution is 6.09. The van der Waals surface area contributed by atoms with Gasteiger partial charge < -0.3 is 19.7 Å². The van der Waals surface area contributed by atoms with Gasteiger partial charge in [0.05, 0.1) is 0 Å². The zero-order chi connectivity index (χ0) is 17.5. The third kappa shape index (κ3) is 2.53. The van der Waals surface area contributed by atoms with Crippen LogP contribution < -0.4 is 14.8 Å². The Morgan fingerprint density at radius 1 is 1.25 bits per heavy atom. The van der Waals surface area contributed by atoms with Crippen molar-refractivity contribution < 1.29 is 23.9 Å². The summed E-state index contributed by atoms with van der Waals surface area (Å²) in [5, 5.41) is 2.67. The van der Waals surface area contributed by atoms with Crippen LogP contribution in [0.1, 0.15) is 12.5 Å². The number of nitrogens with zero attached hydrogens (tertiary/aromatic N) is 2. The first-order valence-corrected chi connectivity index (χ1v) is 7.57. The van der Waals surface area contributed by atoms with E-state index in [9.17, 15) is 14.4 Å². The van der Waals surface area contributed by atoms with E-state index >= 15 is 0 Å². The topological polar surface area (TPSA) is 88.2 Å². The Hall–Kier alpha value is -2.77. The Morgan fingerprint density at radius 3 is 2.58 bits per heavy atom. The van der Waals surface area contributed by atoms with Gasteiger partial charge in [-0.1, -0.05) is 6.07 Å². The minimum absolute atomic E-state index is 0.294. The van der Waals surface area contributed by atoms with Gasteiger partial charge in [-0.3, -0.25) is 14.5 Å². The molecular weight excluding hydrogens is 314 g/mol. The second-order valence-corrected chi connectivity index (χ2v) is 6.09. The summed E-state index contributed by atoms with van der Waals surface area (Å²) in [6.07, 6.45) is 0. The van der Waals surface area contributed by atoms with Crippen LogP contribution >= 0.6 is 0 Å². The molecule has 0 saturated carbocycles. The normalized spacial score (nSPS) is 22.4. The van der Waals surface area contributed by atoms with Gasteiger partial charge in [-0.15, -0.1) is 0 Å². The maximum absolute atomic E-state index is 12.8. The lowest BCUT2D eigenvalue weighted by Gasteiger charge is -2.25. The molecule has 0 radical (unpaired) electrons. The fourth-order valence-corrected chi connectivity index (χ4v) is 2.67. The molecule has 0 unspecified atom stereocenters. The van der Waals surface area contributed by atoms with Gasteiger partial charge in [-0.25, -0.2) is 4.79 Å². The molecule has 1 aromatic rings. The van der Waals surface area contributed by atoms with Crippen LogP contribution in [0.4, 0.5) is 4.79 Å². The van der Waals surface area contributed by atoms with Crippen molar-refractivity contribution in [1.82, 2.24) is 15.1 Å². The fraction of sp³-hybridized carbons (Fsp3) is 0.438. The van der Waals surface area contributed by atoms with Crippen molar-refractivity contribution in [3.8, 4) is 11.5 Å². The third-order valence-electron chi connectivity index (χ3n) is 4.19. The highest BCUT2D eigenvalue weighted by atomic mass is 16.6. The van der Waals surface area contributed by atoms with Gasteiger partial charge >= 0.3 is 6.03 Å². The van der Waals surface area contributed by atoms with Crippen LogP contribution in [0.2, 0.25) is 0 Å². The van der Waals surface area contributed by atoms with Crippen LogP contribution in [0.3, 0.4) is 0 Å². The monoisotopic (exact) mass is 333 g/mol. The first-order valence-electron chi connectivity index (χ1n) is 7.57. The van der Waals surface area contributed by atoms with Crippen molar-refractivity contribution in [3.05, 3.63) is 23.8 Å². The SMILES string of the molecule is CN(C)C(=O)CN1C(=O)N[C@](C)(c2ccc3c(c2)OCCO3)C1=O. The molecule has 1 atom stereocenters. The molecule has 1 saturated heterocycles. The van der Waals surface area contributed by atoms with Crippen LogP contribution in [0.25, 0.3) is 0 Å². The predicted octanol–water partition coefficient (Wildman–Crippen LogP) is 0.313. The molecule has 0 aromatic heterocycles. The number of ether oxygens (including phenoxy) is 2. The summed E-state index contributed by atoms with van der Waals surface area (Å²) in [5.74, 6) is 0.333. The molecule has 0 spiro atoms. The molecule has 3 rings (SSSR count). The number of hydrogen-bond acceptors (Lipinski definition) is 5. The first kappa shape index (κ1) is 16.1. The number of nitrogens with one attached hydrogen (secondary N) is 1. The van der Waals surface area contributed by atoms with E-state index in [0.29, 0.717) is 30.3 Å². The van der Waals surface area contributed by atoms with Crippen molar-refractivity contribution in [2.75, 3.05) is 33.9 Å². The van der Waals surface area contributed by atoms with Crippen molar-refractivity contribution in [2.45, 2.75) is 12.5 Å². The number of urea groups is 1. The van der Waals surface area contributed by atoms with Crippen molar-refractivity contribution in [1.29, 1.82) is 0 Å². The zero-order valence-corrected chi connectivity index (χ0v) is 13.8. The van der Waals surface area contributed by atoms with Gasteiger partial charge in [0.25, 0.3) is 5.91 Å². The van der Waals surface area contributed by atoms with E-state index in [1.807, 2.05) is 0 Å². The molecule has 24 heavy (non-hydrogen) atoms. The smallest absolute Gasteiger partial charge is 0.325 e. The van der Waals surface area contributed by atoms with Crippen LogP contribution in [-0.4, -0.2) is 61.5 Å². The molecule has 1 N–H and O–H groups in total. The van der Waals surface area contributed by atoms with Gasteiger partial charge in [0.1, 0.15) is 25.3 Å². The Balaban J connectivity index is 1.89. The Kier molecular flexibility index (Phi) is 3.82. The number of amides is 4. The zero-order valence-electron chi connectivity index (χ0n) is 13.8. The lowest BCUT2D eigenvalue weighted by atomic mass is 9.91. The summed E-state index contributed by atoms with van der Waals surface area (Å²) in [6.45, 7) is 2.22. The molecule has 0 aliphatic carbocycles. The fourth-order valence-electron chi connectivity index (χ4n) is 2.67. The summed E-state index contributed by atoms with van der Waals surface area (Å²) in [6, 6.07) is 4.52. The van der Waals surface area contributed by atoms with Crippen molar-refractivity contribution in [2.24, 2.45) is 0 Å². The number of carbonyl (C=O) groups is 3. The minimum atomic E-state index is -1.25. The van der Waals surface area contributed by atoms with Gasteiger partial charge in [0.15, 0.2) is 11.5 Å². The molecule has 8 heteroatoms. The highest BCUT2D eigenvalue weighted by Gasteiger charge is 2.49. The van der Waals surface area contributed by atoms with Gasteiger partial charge in [-0.2, -0.15) is 0 Å². The molecule has 1 aromatic carbocycles. The quantitative estimate of drug-likeness (QED) is 0.805. The van der Waals surface area contributed by atoms with Crippen LogP contribution in [0.5, 0.6) is 11.5 Å². The molecule has 4 amide bonds. The number of likely N-dealkylation sites (N-methyl/N-ethyl adjacent to an activating group) is 1. The van der Waals surface area contributed by atoms with Crippen LogP contribution in [-0.2, 0) is 15.1 Å². The maximum atomic E-state index is 12.8. The van der Waals surface area contributed by atoms with E-state index in [4.69, 9.17) is 9.47 Å². The molecule has 0 bridgehead atoms. The van der Waals surface area contributed by atoms with E-state index in [0.717, 1.165) is 4.90 Å². The van der Waals surface area contributed by atoms with Gasteiger partial charge in [0, 0.05) is 14.1 Å². The van der Waals surface area contributed by atoms with Gasteiger partial charge in [-0.05, 0) is 24.6 Å². The summed E-state index contributed by atoms with van der Waals surface area (Å²) in [7, 11) is 3.14. The van der Waals surface area contributed by atoms with Crippen molar-refractivity contribution >= 4 is 17.8 Å². The molecular formula is C16H19N3O5. The molecule has 2 aliphatic heterocycles. The summed E-state index contributed by atoms with van der Waals surface area (Å²) in [5.41, 5.74) is -0.676. The minimum Gasteiger partial charge on any atom is -0.486 e. The lowest BCUT2D eigenvalue weighted by Crippen LogP contribution is -2.43. The van der Waals surface area contributed by atoms with Crippen molar-refractivity contribution in [3.63, 3.8) is 0 Å². The van der Waals surface area contributed by atoms with E-state index in [-0.39, 0.29) is 12.5 Å². The predicted molar refractivity (Wildman–Crippen MR) is 83.7 cm³/mol. The molecule has 2 heterocycles. The number of benzene rings is 1. The second-order valence-electron chi connectivity index (χ2n) is 6.09. The Labute approximate surface area is 139 Å². The van der Waals surface area contributed by atoms with E-state index in [1.54, 1.807) is 39.2 Å². The number of hydrogen-bond donors (Lipinski definition) is 1. The van der Waals surface area contributed by atoms with Crippen LogP contribution in [0.15, 0.2) is 18.2 Å². The number of fused-ring (bicyclic) bond motifs is 1. The van der Waals surface area contributed by atoms with E-state index < -0.39 is 17.5 Å². The van der Waals surface area contributed by atoms with Gasteiger partial charge in [0.2, 0.25) is 5.91 Å². The van der Waals surface area contributed by atoms with Crippen LogP contribution in [0, 0.1) is 0 Å². The van der Waals surface area contributed by atoms with E-state index in [2.05, 4.69) is 5.32 Å². The largest absolute Gasteiger partial charge is 0.486 e. The number of imide groups is 1. The molecule has 2 aliphatic rings. The number of rotatable bonds is 3. The average Bonchev–Trinajstić information content (AvgIpc) is 2.78. The highest BCUT2D eigenvalue weighted by Crippen LogP contribution is 2.36. The Bertz CT molecular complexity index is 718. The summed E-state index contributed by atoms with van der Waals surface area (Å²) >= 11 is 0. The molecule has 8 nitrogen and oxygen atoms in total. The number of carbonyl (C=O) groups excluding carboxylic acids is 3. The second kappa shape index (κ2) is 5.70. The summed E-state index contributed by atoms with van der Waals surface area (Å²) < 4.78 is 11.0.